The number of piperidine rings is 1. The molecule has 2 fully saturated rings. The van der Waals surface area contributed by atoms with E-state index in [0.717, 1.165) is 18.4 Å². The standard InChI is InChI=1S/C16H26N2S/c1-12-15(8-16(9-17)19-12)11-18-7-6-13-4-2-3-5-14(13)10-18/h8,13-14H,2-7,9-11,17H2,1H3. The second-order valence-corrected chi connectivity index (χ2v) is 7.67. The lowest BCUT2D eigenvalue weighted by Gasteiger charge is -2.41. The monoisotopic (exact) mass is 278 g/mol. The van der Waals surface area contributed by atoms with Crippen LogP contribution < -0.4 is 5.73 Å². The van der Waals surface area contributed by atoms with Crippen molar-refractivity contribution >= 4 is 11.3 Å². The number of fused-ring (bicyclic) bond motifs is 1. The molecular formula is C16H26N2S. The highest BCUT2D eigenvalue weighted by Gasteiger charge is 2.31. The number of thiophene rings is 1. The Morgan fingerprint density at radius 3 is 2.79 bits per heavy atom. The Balaban J connectivity index is 1.62. The molecule has 1 aromatic rings. The van der Waals surface area contributed by atoms with Crippen LogP contribution in [0.3, 0.4) is 0 Å². The second kappa shape index (κ2) is 5.94. The van der Waals surface area contributed by atoms with Crippen molar-refractivity contribution in [2.45, 2.75) is 52.1 Å². The number of likely N-dealkylation sites (tertiary alicyclic amines) is 1. The summed E-state index contributed by atoms with van der Waals surface area (Å²) in [4.78, 5) is 5.48. The zero-order valence-electron chi connectivity index (χ0n) is 12.0. The summed E-state index contributed by atoms with van der Waals surface area (Å²) in [7, 11) is 0. The van der Waals surface area contributed by atoms with Crippen LogP contribution in [0, 0.1) is 18.8 Å². The van der Waals surface area contributed by atoms with Gasteiger partial charge < -0.3 is 5.73 Å². The quantitative estimate of drug-likeness (QED) is 0.916. The van der Waals surface area contributed by atoms with Crippen LogP contribution >= 0.6 is 11.3 Å². The van der Waals surface area contributed by atoms with Gasteiger partial charge in [-0.1, -0.05) is 19.3 Å². The summed E-state index contributed by atoms with van der Waals surface area (Å²) in [5.74, 6) is 2.02. The van der Waals surface area contributed by atoms with Crippen LogP contribution in [0.1, 0.15) is 47.4 Å². The molecule has 2 unspecified atom stereocenters. The normalized spacial score (nSPS) is 28.3. The number of rotatable bonds is 3. The SMILES string of the molecule is Cc1sc(CN)cc1CN1CCC2CCCCC2C1. The van der Waals surface area contributed by atoms with Gasteiger partial charge in [0.1, 0.15) is 0 Å². The first kappa shape index (κ1) is 13.6. The van der Waals surface area contributed by atoms with Crippen molar-refractivity contribution < 1.29 is 0 Å². The Kier molecular flexibility index (Phi) is 4.25. The highest BCUT2D eigenvalue weighted by molar-refractivity contribution is 7.12. The van der Waals surface area contributed by atoms with Crippen molar-refractivity contribution in [3.8, 4) is 0 Å². The van der Waals surface area contributed by atoms with E-state index >= 15 is 0 Å². The first-order chi connectivity index (χ1) is 9.26. The van der Waals surface area contributed by atoms with Crippen molar-refractivity contribution in [3.63, 3.8) is 0 Å². The summed E-state index contributed by atoms with van der Waals surface area (Å²) in [5.41, 5.74) is 7.26. The van der Waals surface area contributed by atoms with Crippen LogP contribution in [0.2, 0.25) is 0 Å². The van der Waals surface area contributed by atoms with E-state index in [-0.39, 0.29) is 0 Å². The van der Waals surface area contributed by atoms with E-state index in [1.807, 2.05) is 11.3 Å². The fourth-order valence-corrected chi connectivity index (χ4v) is 4.84. The Morgan fingerprint density at radius 1 is 1.26 bits per heavy atom. The predicted octanol–water partition coefficient (Wildman–Crippen LogP) is 3.53. The summed E-state index contributed by atoms with van der Waals surface area (Å²) in [6, 6.07) is 2.33. The predicted molar refractivity (Wildman–Crippen MR) is 82.3 cm³/mol. The fourth-order valence-electron chi connectivity index (χ4n) is 3.91. The molecule has 0 bridgehead atoms. The number of aryl methyl sites for hydroxylation is 1. The molecule has 2 heterocycles. The summed E-state index contributed by atoms with van der Waals surface area (Å²) >= 11 is 1.87. The first-order valence-corrected chi connectivity index (χ1v) is 8.58. The first-order valence-electron chi connectivity index (χ1n) is 7.77. The summed E-state index contributed by atoms with van der Waals surface area (Å²) in [6.07, 6.45) is 7.33. The smallest absolute Gasteiger partial charge is 0.0274 e. The van der Waals surface area contributed by atoms with E-state index in [1.54, 1.807) is 0 Å². The maximum atomic E-state index is 5.75. The van der Waals surface area contributed by atoms with Gasteiger partial charge in [-0.05, 0) is 49.8 Å². The van der Waals surface area contributed by atoms with Crippen molar-refractivity contribution in [2.75, 3.05) is 13.1 Å². The minimum atomic E-state index is 0.691. The molecule has 0 spiro atoms. The van der Waals surface area contributed by atoms with Gasteiger partial charge in [0.2, 0.25) is 0 Å². The third-order valence-electron chi connectivity index (χ3n) is 5.04. The molecule has 0 amide bonds. The Labute approximate surface area is 121 Å². The maximum Gasteiger partial charge on any atom is 0.0274 e. The summed E-state index contributed by atoms with van der Waals surface area (Å²) in [6.45, 7) is 6.71. The van der Waals surface area contributed by atoms with Crippen LogP contribution in [0.5, 0.6) is 0 Å². The van der Waals surface area contributed by atoms with Gasteiger partial charge in [0, 0.05) is 29.4 Å². The van der Waals surface area contributed by atoms with Gasteiger partial charge in [0.05, 0.1) is 0 Å². The second-order valence-electron chi connectivity index (χ2n) is 6.33. The molecule has 1 aliphatic carbocycles. The molecule has 2 N–H and O–H groups in total. The molecule has 2 nitrogen and oxygen atoms in total. The van der Waals surface area contributed by atoms with Crippen molar-refractivity contribution in [3.05, 3.63) is 21.4 Å². The molecule has 1 aliphatic heterocycles. The maximum absolute atomic E-state index is 5.75. The number of hydrogen-bond acceptors (Lipinski definition) is 3. The average molecular weight is 278 g/mol. The van der Waals surface area contributed by atoms with Crippen molar-refractivity contribution in [2.24, 2.45) is 17.6 Å². The van der Waals surface area contributed by atoms with Crippen LogP contribution in [0.4, 0.5) is 0 Å². The number of nitrogens with zero attached hydrogens (tertiary/aromatic N) is 1. The lowest BCUT2D eigenvalue weighted by Crippen LogP contribution is -2.41. The molecule has 0 radical (unpaired) electrons. The Bertz CT molecular complexity index is 426. The van der Waals surface area contributed by atoms with Crippen LogP contribution in [0.25, 0.3) is 0 Å². The van der Waals surface area contributed by atoms with Gasteiger partial charge in [-0.25, -0.2) is 0 Å². The minimum absolute atomic E-state index is 0.691. The van der Waals surface area contributed by atoms with Crippen LogP contribution in [-0.4, -0.2) is 18.0 Å². The largest absolute Gasteiger partial charge is 0.326 e. The minimum Gasteiger partial charge on any atom is -0.326 e. The lowest BCUT2D eigenvalue weighted by atomic mass is 9.75. The topological polar surface area (TPSA) is 29.3 Å². The van der Waals surface area contributed by atoms with Gasteiger partial charge in [0.25, 0.3) is 0 Å². The molecule has 1 saturated heterocycles. The van der Waals surface area contributed by atoms with Crippen molar-refractivity contribution in [1.29, 1.82) is 0 Å². The van der Waals surface area contributed by atoms with Crippen molar-refractivity contribution in [1.82, 2.24) is 4.90 Å². The molecule has 0 aromatic carbocycles. The fraction of sp³-hybridized carbons (Fsp3) is 0.750. The lowest BCUT2D eigenvalue weighted by molar-refractivity contribution is 0.0820. The van der Waals surface area contributed by atoms with E-state index < -0.39 is 0 Å². The van der Waals surface area contributed by atoms with Crippen LogP contribution in [0.15, 0.2) is 6.07 Å². The van der Waals surface area contributed by atoms with Gasteiger partial charge in [0.15, 0.2) is 0 Å². The zero-order valence-corrected chi connectivity index (χ0v) is 12.8. The molecule has 1 saturated carbocycles. The molecule has 1 aromatic heterocycles. The molecular weight excluding hydrogens is 252 g/mol. The van der Waals surface area contributed by atoms with Crippen LogP contribution in [-0.2, 0) is 13.1 Å². The van der Waals surface area contributed by atoms with E-state index in [4.69, 9.17) is 5.73 Å². The Morgan fingerprint density at radius 2 is 2.05 bits per heavy atom. The molecule has 106 valence electrons. The van der Waals surface area contributed by atoms with E-state index in [2.05, 4.69) is 17.9 Å². The number of nitrogens with two attached hydrogens (primary N) is 1. The van der Waals surface area contributed by atoms with E-state index in [9.17, 15) is 0 Å². The highest BCUT2D eigenvalue weighted by atomic mass is 32.1. The molecule has 2 aliphatic rings. The molecule has 3 heteroatoms. The summed E-state index contributed by atoms with van der Waals surface area (Å²) in [5, 5.41) is 0. The average Bonchev–Trinajstić information content (AvgIpc) is 2.79. The number of hydrogen-bond donors (Lipinski definition) is 1. The molecule has 3 rings (SSSR count). The van der Waals surface area contributed by atoms with Gasteiger partial charge >= 0.3 is 0 Å². The Hall–Kier alpha value is -0.380. The third kappa shape index (κ3) is 3.04. The zero-order chi connectivity index (χ0) is 13.2. The van der Waals surface area contributed by atoms with E-state index in [0.29, 0.717) is 6.54 Å². The third-order valence-corrected chi connectivity index (χ3v) is 6.16. The highest BCUT2D eigenvalue weighted by Crippen LogP contribution is 2.36. The molecule has 19 heavy (non-hydrogen) atoms. The van der Waals surface area contributed by atoms with Gasteiger partial charge in [-0.3, -0.25) is 4.90 Å². The summed E-state index contributed by atoms with van der Waals surface area (Å²) < 4.78 is 0. The van der Waals surface area contributed by atoms with E-state index in [1.165, 1.54) is 60.5 Å². The van der Waals surface area contributed by atoms with Gasteiger partial charge in [-0.2, -0.15) is 0 Å². The van der Waals surface area contributed by atoms with Gasteiger partial charge in [-0.15, -0.1) is 11.3 Å². The molecule has 2 atom stereocenters.